The first kappa shape index (κ1) is 23.9. The van der Waals surface area contributed by atoms with E-state index < -0.39 is 21.0 Å². The Morgan fingerprint density at radius 3 is 2.62 bits per heavy atom. The van der Waals surface area contributed by atoms with E-state index in [2.05, 4.69) is 17.2 Å². The molecule has 3 aromatic rings. The number of rotatable bonds is 10. The quantitative estimate of drug-likeness (QED) is 0.448. The summed E-state index contributed by atoms with van der Waals surface area (Å²) in [4.78, 5) is 16.8. The first-order valence-corrected chi connectivity index (χ1v) is 13.1. The Morgan fingerprint density at radius 1 is 1.19 bits per heavy atom. The van der Waals surface area contributed by atoms with Crippen LogP contribution in [0.25, 0.3) is 10.6 Å². The second-order valence-electron chi connectivity index (χ2n) is 7.60. The number of sulfone groups is 1. The Hall–Kier alpha value is -2.71. The van der Waals surface area contributed by atoms with Crippen molar-refractivity contribution in [2.24, 2.45) is 0 Å². The van der Waals surface area contributed by atoms with Crippen LogP contribution in [0.2, 0.25) is 0 Å². The van der Waals surface area contributed by atoms with Crippen LogP contribution in [0.5, 0.6) is 5.75 Å². The van der Waals surface area contributed by atoms with Crippen molar-refractivity contribution in [3.05, 3.63) is 70.7 Å². The monoisotopic (exact) mass is 472 g/mol. The molecule has 8 heteroatoms. The third-order valence-electron chi connectivity index (χ3n) is 5.08. The van der Waals surface area contributed by atoms with Gasteiger partial charge in [-0.15, -0.1) is 11.3 Å². The number of aryl methyl sites for hydroxylation is 2. The van der Waals surface area contributed by atoms with Gasteiger partial charge in [0, 0.05) is 10.9 Å². The lowest BCUT2D eigenvalue weighted by atomic mass is 10.1. The Labute approximate surface area is 193 Å². The maximum Gasteiger partial charge on any atom is 0.238 e. The summed E-state index contributed by atoms with van der Waals surface area (Å²) >= 11 is 1.40. The lowest BCUT2D eigenvalue weighted by Gasteiger charge is -2.13. The highest BCUT2D eigenvalue weighted by Gasteiger charge is 2.29. The number of benzene rings is 2. The highest BCUT2D eigenvalue weighted by molar-refractivity contribution is 7.92. The predicted octanol–water partition coefficient (Wildman–Crippen LogP) is 4.18. The number of ether oxygens (including phenoxy) is 1. The van der Waals surface area contributed by atoms with Gasteiger partial charge >= 0.3 is 0 Å². The van der Waals surface area contributed by atoms with Crippen molar-refractivity contribution >= 4 is 27.1 Å². The second-order valence-corrected chi connectivity index (χ2v) is 10.8. The van der Waals surface area contributed by atoms with Crippen LogP contribution in [-0.2, 0) is 26.8 Å². The number of aromatic nitrogens is 1. The molecule has 0 radical (unpaired) electrons. The topological polar surface area (TPSA) is 85.4 Å². The van der Waals surface area contributed by atoms with E-state index in [4.69, 9.17) is 4.74 Å². The van der Waals surface area contributed by atoms with E-state index in [1.807, 2.05) is 55.5 Å². The molecule has 1 unspecified atom stereocenters. The molecule has 0 fully saturated rings. The molecule has 2 aromatic carbocycles. The van der Waals surface area contributed by atoms with Gasteiger partial charge in [0.2, 0.25) is 5.91 Å². The van der Waals surface area contributed by atoms with E-state index in [1.54, 1.807) is 5.38 Å². The molecule has 32 heavy (non-hydrogen) atoms. The van der Waals surface area contributed by atoms with Gasteiger partial charge < -0.3 is 10.1 Å². The molecule has 0 aliphatic rings. The molecular weight excluding hydrogens is 444 g/mol. The Kier molecular flexibility index (Phi) is 8.04. The third-order valence-corrected chi connectivity index (χ3v) is 8.01. The largest absolute Gasteiger partial charge is 0.492 e. The number of hydrogen-bond acceptors (Lipinski definition) is 6. The molecule has 0 aliphatic carbocycles. The number of thiazole rings is 1. The van der Waals surface area contributed by atoms with Crippen molar-refractivity contribution in [2.45, 2.75) is 38.2 Å². The minimum atomic E-state index is -3.70. The zero-order valence-electron chi connectivity index (χ0n) is 18.5. The van der Waals surface area contributed by atoms with Crippen LogP contribution in [0.1, 0.15) is 30.7 Å². The van der Waals surface area contributed by atoms with Gasteiger partial charge in [-0.3, -0.25) is 4.79 Å². The van der Waals surface area contributed by atoms with Crippen LogP contribution < -0.4 is 10.1 Å². The summed E-state index contributed by atoms with van der Waals surface area (Å²) in [6, 6.07) is 15.7. The molecule has 1 aromatic heterocycles. The van der Waals surface area contributed by atoms with Gasteiger partial charge in [0.15, 0.2) is 9.84 Å². The van der Waals surface area contributed by atoms with Gasteiger partial charge in [0.1, 0.15) is 22.6 Å². The lowest BCUT2D eigenvalue weighted by molar-refractivity contribution is -0.120. The van der Waals surface area contributed by atoms with Crippen molar-refractivity contribution in [3.8, 4) is 16.3 Å². The van der Waals surface area contributed by atoms with E-state index in [-0.39, 0.29) is 18.9 Å². The van der Waals surface area contributed by atoms with E-state index >= 15 is 0 Å². The highest BCUT2D eigenvalue weighted by Crippen LogP contribution is 2.25. The number of carbonyl (C=O) groups excluding carboxylic acids is 1. The SMILES string of the molecule is CCc1ccc(-c2nc(CS(=O)(=O)C(C)C(=O)NCCOc3cccc(C)c3)cs2)cc1. The molecule has 0 bridgehead atoms. The molecule has 1 N–H and O–H groups in total. The first-order valence-electron chi connectivity index (χ1n) is 10.5. The van der Waals surface area contributed by atoms with Crippen LogP contribution in [-0.4, -0.2) is 37.7 Å². The fourth-order valence-corrected chi connectivity index (χ4v) is 5.23. The first-order chi connectivity index (χ1) is 15.3. The normalized spacial score (nSPS) is 12.3. The molecule has 170 valence electrons. The molecule has 1 heterocycles. The Morgan fingerprint density at radius 2 is 1.94 bits per heavy atom. The molecular formula is C24H28N2O4S2. The van der Waals surface area contributed by atoms with Crippen molar-refractivity contribution in [1.29, 1.82) is 0 Å². The minimum absolute atomic E-state index is 0.223. The Bertz CT molecular complexity index is 1150. The number of nitrogens with one attached hydrogen (secondary N) is 1. The molecule has 6 nitrogen and oxygen atoms in total. The third kappa shape index (κ3) is 6.40. The maximum absolute atomic E-state index is 12.7. The van der Waals surface area contributed by atoms with Crippen LogP contribution in [0.4, 0.5) is 0 Å². The van der Waals surface area contributed by atoms with Gasteiger partial charge in [-0.25, -0.2) is 13.4 Å². The van der Waals surface area contributed by atoms with Crippen LogP contribution in [0, 0.1) is 6.92 Å². The van der Waals surface area contributed by atoms with E-state index in [9.17, 15) is 13.2 Å². The zero-order valence-corrected chi connectivity index (χ0v) is 20.1. The van der Waals surface area contributed by atoms with Crippen molar-refractivity contribution < 1.29 is 17.9 Å². The van der Waals surface area contributed by atoms with Crippen LogP contribution >= 0.6 is 11.3 Å². The van der Waals surface area contributed by atoms with E-state index in [0.717, 1.165) is 22.6 Å². The summed E-state index contributed by atoms with van der Waals surface area (Å²) in [6.45, 7) is 5.95. The van der Waals surface area contributed by atoms with Crippen molar-refractivity contribution in [2.75, 3.05) is 13.2 Å². The molecule has 0 saturated heterocycles. The van der Waals surface area contributed by atoms with Crippen molar-refractivity contribution in [1.82, 2.24) is 10.3 Å². The maximum atomic E-state index is 12.7. The fraction of sp³-hybridized carbons (Fsp3) is 0.333. The summed E-state index contributed by atoms with van der Waals surface area (Å²) in [6.07, 6.45) is 0.958. The molecule has 0 saturated carbocycles. The molecule has 0 aliphatic heterocycles. The Balaban J connectivity index is 1.52. The fourth-order valence-electron chi connectivity index (χ4n) is 3.08. The number of nitrogens with zero attached hydrogens (tertiary/aromatic N) is 1. The molecule has 3 rings (SSSR count). The molecule has 1 amide bonds. The molecule has 0 spiro atoms. The van der Waals surface area contributed by atoms with Crippen molar-refractivity contribution in [3.63, 3.8) is 0 Å². The van der Waals surface area contributed by atoms with Gasteiger partial charge in [0.25, 0.3) is 0 Å². The van der Waals surface area contributed by atoms with Gasteiger partial charge in [-0.2, -0.15) is 0 Å². The number of carbonyl (C=O) groups is 1. The number of amides is 1. The number of hydrogen-bond donors (Lipinski definition) is 1. The standard InChI is InChI=1S/C24H28N2O4S2/c1-4-19-8-10-20(11-9-19)24-26-21(15-31-24)16-32(28,29)18(3)23(27)25-12-13-30-22-7-5-6-17(2)14-22/h5-11,14-15,18H,4,12-13,16H2,1-3H3,(H,25,27). The van der Waals surface area contributed by atoms with Gasteiger partial charge in [0.05, 0.1) is 18.0 Å². The second kappa shape index (κ2) is 10.7. The average molecular weight is 473 g/mol. The van der Waals surface area contributed by atoms with Gasteiger partial charge in [-0.1, -0.05) is 43.3 Å². The van der Waals surface area contributed by atoms with Gasteiger partial charge in [-0.05, 0) is 43.5 Å². The zero-order chi connectivity index (χ0) is 23.1. The van der Waals surface area contributed by atoms with E-state index in [1.165, 1.54) is 23.8 Å². The summed E-state index contributed by atoms with van der Waals surface area (Å²) < 4.78 is 31.1. The average Bonchev–Trinajstić information content (AvgIpc) is 3.24. The smallest absolute Gasteiger partial charge is 0.238 e. The van der Waals surface area contributed by atoms with Crippen LogP contribution in [0.15, 0.2) is 53.9 Å². The summed E-state index contributed by atoms with van der Waals surface area (Å²) in [5.74, 6) is -0.0997. The summed E-state index contributed by atoms with van der Waals surface area (Å²) in [5.41, 5.74) is 3.72. The lowest BCUT2D eigenvalue weighted by Crippen LogP contribution is -2.40. The summed E-state index contributed by atoms with van der Waals surface area (Å²) in [7, 11) is -3.70. The predicted molar refractivity (Wildman–Crippen MR) is 129 cm³/mol. The van der Waals surface area contributed by atoms with E-state index in [0.29, 0.717) is 11.4 Å². The molecule has 1 atom stereocenters. The minimum Gasteiger partial charge on any atom is -0.492 e. The highest BCUT2D eigenvalue weighted by atomic mass is 32.2. The summed E-state index contributed by atoms with van der Waals surface area (Å²) in [5, 5.41) is 3.97. The van der Waals surface area contributed by atoms with Crippen LogP contribution in [0.3, 0.4) is 0 Å².